The van der Waals surface area contributed by atoms with Crippen molar-refractivity contribution in [3.63, 3.8) is 0 Å². The maximum Gasteiger partial charge on any atom is 0.404 e. The lowest BCUT2D eigenvalue weighted by Crippen LogP contribution is -2.43. The molecule has 5 rings (SSSR count). The maximum atomic E-state index is 13.8. The molecule has 1 N–H and O–H groups in total. The molecule has 1 aliphatic heterocycles. The summed E-state index contributed by atoms with van der Waals surface area (Å²) >= 11 is 13.6. The largest absolute Gasteiger partial charge is 0.415 e. The van der Waals surface area contributed by atoms with Crippen LogP contribution >= 0.6 is 34.5 Å². The molecule has 1 aromatic carbocycles. The molecule has 2 aromatic heterocycles. The van der Waals surface area contributed by atoms with Crippen LogP contribution in [0.25, 0.3) is 21.3 Å². The van der Waals surface area contributed by atoms with E-state index in [1.54, 1.807) is 0 Å². The molecule has 1 amide bonds. The minimum Gasteiger partial charge on any atom is -0.415 e. The second-order valence-electron chi connectivity index (χ2n) is 10.1. The number of alkyl halides is 5. The number of carbonyl (C=O) groups is 1. The molecule has 1 atom stereocenters. The van der Waals surface area contributed by atoms with Crippen molar-refractivity contribution in [1.29, 1.82) is 0 Å². The first-order valence-electron chi connectivity index (χ1n) is 12.6. The van der Waals surface area contributed by atoms with Crippen LogP contribution in [-0.4, -0.2) is 72.7 Å². The lowest BCUT2D eigenvalue weighted by atomic mass is 10.1. The van der Waals surface area contributed by atoms with E-state index in [0.29, 0.717) is 19.8 Å². The standard InChI is InChI=1S/C24H22Cl2F5N5O5S2/c1-11(24(29,30)31)35-43(38,39)13-4-3-12(14(25)15(13)26)17-16(20(37)36-9-7-23(27,28)8-10-36)32-19(42-17)18-33-34-21(41-18)22(40-2)5-6-22/h3-4,11,35H,5-10H2,1-2H3. The number of benzene rings is 1. The number of nitrogens with one attached hydrogen (secondary N) is 1. The number of sulfonamides is 1. The quantitative estimate of drug-likeness (QED) is 0.290. The van der Waals surface area contributed by atoms with Crippen molar-refractivity contribution in [3.05, 3.63) is 33.8 Å². The van der Waals surface area contributed by atoms with Gasteiger partial charge < -0.3 is 14.1 Å². The molecule has 19 heteroatoms. The fourth-order valence-corrected chi connectivity index (χ4v) is 7.48. The topological polar surface area (TPSA) is 128 Å². The van der Waals surface area contributed by atoms with Gasteiger partial charge in [-0.3, -0.25) is 4.79 Å². The zero-order valence-corrected chi connectivity index (χ0v) is 25.4. The SMILES string of the molecule is COC1(c2nnc(-c3nc(C(=O)N4CCC(F)(F)CC4)c(-c4ccc(S(=O)(=O)NC(C)C(F)(F)F)c(Cl)c4Cl)s3)o2)CC1. The first-order chi connectivity index (χ1) is 20.0. The monoisotopic (exact) mass is 689 g/mol. The molecule has 2 aliphatic rings. The Kier molecular flexibility index (Phi) is 8.31. The van der Waals surface area contributed by atoms with Gasteiger partial charge >= 0.3 is 6.18 Å². The van der Waals surface area contributed by atoms with Crippen LogP contribution in [0.15, 0.2) is 21.4 Å². The van der Waals surface area contributed by atoms with Crippen molar-refractivity contribution in [3.8, 4) is 21.3 Å². The predicted octanol–water partition coefficient (Wildman–Crippen LogP) is 5.90. The van der Waals surface area contributed by atoms with Crippen LogP contribution in [0.5, 0.6) is 0 Å². The number of halogens is 7. The summed E-state index contributed by atoms with van der Waals surface area (Å²) in [5.74, 6) is -3.51. The highest BCUT2D eigenvalue weighted by molar-refractivity contribution is 7.89. The average molecular weight is 690 g/mol. The Morgan fingerprint density at radius 2 is 1.79 bits per heavy atom. The minimum absolute atomic E-state index is 0.0132. The number of amides is 1. The minimum atomic E-state index is -4.87. The van der Waals surface area contributed by atoms with E-state index in [2.05, 4.69) is 15.2 Å². The second kappa shape index (κ2) is 11.2. The van der Waals surface area contributed by atoms with Crippen LogP contribution in [0.1, 0.15) is 49.0 Å². The fourth-order valence-electron chi connectivity index (χ4n) is 4.32. The van der Waals surface area contributed by atoms with Crippen LogP contribution in [0.2, 0.25) is 10.0 Å². The third kappa shape index (κ3) is 6.24. The molecule has 234 valence electrons. The zero-order chi connectivity index (χ0) is 31.5. The van der Waals surface area contributed by atoms with Gasteiger partial charge in [0.15, 0.2) is 5.01 Å². The Balaban J connectivity index is 1.56. The molecule has 2 fully saturated rings. The number of aromatic nitrogens is 3. The molecule has 3 heterocycles. The summed E-state index contributed by atoms with van der Waals surface area (Å²) in [6, 6.07) is -0.336. The molecular weight excluding hydrogens is 668 g/mol. The van der Waals surface area contributed by atoms with Gasteiger partial charge in [-0.25, -0.2) is 22.2 Å². The zero-order valence-electron chi connectivity index (χ0n) is 22.3. The molecule has 0 spiro atoms. The van der Waals surface area contributed by atoms with Crippen LogP contribution in [0.4, 0.5) is 22.0 Å². The van der Waals surface area contributed by atoms with Crippen molar-refractivity contribution in [2.24, 2.45) is 0 Å². The van der Waals surface area contributed by atoms with Crippen molar-refractivity contribution < 1.29 is 44.3 Å². The smallest absolute Gasteiger partial charge is 0.404 e. The van der Waals surface area contributed by atoms with E-state index in [1.165, 1.54) is 16.7 Å². The lowest BCUT2D eigenvalue weighted by Gasteiger charge is -2.31. The number of methoxy groups -OCH3 is 1. The van der Waals surface area contributed by atoms with E-state index < -0.39 is 67.5 Å². The summed E-state index contributed by atoms with van der Waals surface area (Å²) < 4.78 is 105. The van der Waals surface area contributed by atoms with Crippen LogP contribution < -0.4 is 4.72 Å². The van der Waals surface area contributed by atoms with Crippen LogP contribution in [0.3, 0.4) is 0 Å². The summed E-state index contributed by atoms with van der Waals surface area (Å²) in [6.07, 6.45) is -4.68. The van der Waals surface area contributed by atoms with E-state index >= 15 is 0 Å². The van der Waals surface area contributed by atoms with E-state index in [1.807, 2.05) is 0 Å². The van der Waals surface area contributed by atoms with E-state index in [0.717, 1.165) is 23.5 Å². The molecule has 1 saturated heterocycles. The van der Waals surface area contributed by atoms with Gasteiger partial charge in [-0.1, -0.05) is 29.3 Å². The van der Waals surface area contributed by atoms with Crippen LogP contribution in [0, 0.1) is 0 Å². The molecule has 3 aromatic rings. The summed E-state index contributed by atoms with van der Waals surface area (Å²) in [6.45, 7) is 0.108. The first-order valence-corrected chi connectivity index (χ1v) is 15.7. The Labute approximate surface area is 255 Å². The number of carbonyl (C=O) groups excluding carboxylic acids is 1. The Morgan fingerprint density at radius 1 is 1.14 bits per heavy atom. The van der Waals surface area contributed by atoms with Crippen LogP contribution in [-0.2, 0) is 20.4 Å². The van der Waals surface area contributed by atoms with E-state index in [4.69, 9.17) is 32.4 Å². The number of piperidine rings is 1. The molecule has 10 nitrogen and oxygen atoms in total. The summed E-state index contributed by atoms with van der Waals surface area (Å²) in [7, 11) is -3.29. The molecule has 1 aliphatic carbocycles. The van der Waals surface area contributed by atoms with Gasteiger partial charge in [0.2, 0.25) is 15.9 Å². The van der Waals surface area contributed by atoms with Gasteiger partial charge in [-0.2, -0.15) is 17.9 Å². The molecule has 1 unspecified atom stereocenters. The molecule has 43 heavy (non-hydrogen) atoms. The highest BCUT2D eigenvalue weighted by Crippen LogP contribution is 2.49. The molecule has 1 saturated carbocycles. The summed E-state index contributed by atoms with van der Waals surface area (Å²) in [5.41, 5.74) is -0.937. The number of likely N-dealkylation sites (tertiary alicyclic amines) is 1. The summed E-state index contributed by atoms with van der Waals surface area (Å²) in [4.78, 5) is 18.5. The van der Waals surface area contributed by atoms with Gasteiger partial charge in [0.25, 0.3) is 17.7 Å². The third-order valence-corrected chi connectivity index (χ3v) is 10.8. The van der Waals surface area contributed by atoms with Crippen molar-refractivity contribution in [1.82, 2.24) is 24.8 Å². The first kappa shape index (κ1) is 32.0. The third-order valence-electron chi connectivity index (χ3n) is 7.11. The number of rotatable bonds is 8. The number of nitrogens with zero attached hydrogens (tertiary/aromatic N) is 4. The van der Waals surface area contributed by atoms with Gasteiger partial charge in [0.05, 0.1) is 14.9 Å². The number of hydrogen-bond donors (Lipinski definition) is 1. The normalized spacial score (nSPS) is 19.0. The Hall–Kier alpha value is -2.44. The second-order valence-corrected chi connectivity index (χ2v) is 13.5. The predicted molar refractivity (Wildman–Crippen MR) is 145 cm³/mol. The van der Waals surface area contributed by atoms with Gasteiger partial charge in [-0.15, -0.1) is 21.5 Å². The Morgan fingerprint density at radius 3 is 2.37 bits per heavy atom. The number of thiazole rings is 1. The van der Waals surface area contributed by atoms with Gasteiger partial charge in [-0.05, 0) is 25.8 Å². The van der Waals surface area contributed by atoms with Crippen molar-refractivity contribution >= 4 is 50.5 Å². The van der Waals surface area contributed by atoms with E-state index in [-0.39, 0.29) is 46.0 Å². The van der Waals surface area contributed by atoms with Gasteiger partial charge in [0, 0.05) is 38.6 Å². The number of ether oxygens (including phenoxy) is 1. The van der Waals surface area contributed by atoms with Crippen molar-refractivity contribution in [2.75, 3.05) is 20.2 Å². The molecular formula is C24H22Cl2F5N5O5S2. The highest BCUT2D eigenvalue weighted by atomic mass is 35.5. The fraction of sp³-hybridized carbons (Fsp3) is 0.500. The molecule has 0 radical (unpaired) electrons. The highest BCUT2D eigenvalue weighted by Gasteiger charge is 2.50. The Bertz CT molecular complexity index is 1670. The van der Waals surface area contributed by atoms with E-state index in [9.17, 15) is 35.2 Å². The number of hydrogen-bond acceptors (Lipinski definition) is 9. The maximum absolute atomic E-state index is 13.8. The summed E-state index contributed by atoms with van der Waals surface area (Å²) in [5, 5.41) is 7.07. The van der Waals surface area contributed by atoms with Gasteiger partial charge in [0.1, 0.15) is 22.2 Å². The molecule has 0 bridgehead atoms. The average Bonchev–Trinajstić information content (AvgIpc) is 3.34. The van der Waals surface area contributed by atoms with Crippen molar-refractivity contribution in [2.45, 2.75) is 61.2 Å². The lowest BCUT2D eigenvalue weighted by molar-refractivity contribution is -0.147.